The molecule has 2 amide bonds. The van der Waals surface area contributed by atoms with Gasteiger partial charge in [-0.25, -0.2) is 0 Å². The summed E-state index contributed by atoms with van der Waals surface area (Å²) in [5.74, 6) is 0.0293. The molecule has 1 aromatic carbocycles. The molecule has 6 nitrogen and oxygen atoms in total. The molecule has 6 heteroatoms. The summed E-state index contributed by atoms with van der Waals surface area (Å²) in [6.07, 6.45) is 1.53. The van der Waals surface area contributed by atoms with Gasteiger partial charge >= 0.3 is 0 Å². The zero-order valence-corrected chi connectivity index (χ0v) is 13.0. The van der Waals surface area contributed by atoms with Crippen LogP contribution in [0.15, 0.2) is 47.1 Å². The van der Waals surface area contributed by atoms with Crippen LogP contribution in [0, 0.1) is 0 Å². The summed E-state index contributed by atoms with van der Waals surface area (Å²) >= 11 is 0. The van der Waals surface area contributed by atoms with Crippen LogP contribution >= 0.6 is 0 Å². The molecule has 0 unspecified atom stereocenters. The molecule has 120 valence electrons. The van der Waals surface area contributed by atoms with Gasteiger partial charge in [0, 0.05) is 18.2 Å². The summed E-state index contributed by atoms with van der Waals surface area (Å²) in [5.41, 5.74) is 1.12. The van der Waals surface area contributed by atoms with E-state index in [1.165, 1.54) is 25.0 Å². The van der Waals surface area contributed by atoms with Crippen LogP contribution in [0.3, 0.4) is 0 Å². The first-order valence-electron chi connectivity index (χ1n) is 7.15. The molecule has 0 spiro atoms. The van der Waals surface area contributed by atoms with Crippen LogP contribution in [0.25, 0.3) is 0 Å². The van der Waals surface area contributed by atoms with Gasteiger partial charge in [-0.3, -0.25) is 14.4 Å². The molecule has 1 heterocycles. The second-order valence-corrected chi connectivity index (χ2v) is 5.06. The second-order valence-electron chi connectivity index (χ2n) is 5.06. The van der Waals surface area contributed by atoms with Crippen LogP contribution in [-0.2, 0) is 16.1 Å². The van der Waals surface area contributed by atoms with Crippen LogP contribution in [0.4, 0.5) is 5.69 Å². The smallest absolute Gasteiger partial charge is 0.240 e. The summed E-state index contributed by atoms with van der Waals surface area (Å²) in [4.78, 5) is 36.4. The fraction of sp³-hybridized carbons (Fsp3) is 0.235. The lowest BCUT2D eigenvalue weighted by Gasteiger charge is -2.20. The first-order chi connectivity index (χ1) is 11.0. The molecular formula is C17H18N2O4. The fourth-order valence-corrected chi connectivity index (χ4v) is 2.06. The number of anilines is 1. The average Bonchev–Trinajstić information content (AvgIpc) is 3.04. The van der Waals surface area contributed by atoms with E-state index in [1.807, 2.05) is 0 Å². The maximum absolute atomic E-state index is 12.0. The molecule has 23 heavy (non-hydrogen) atoms. The van der Waals surface area contributed by atoms with Gasteiger partial charge in [-0.1, -0.05) is 0 Å². The van der Waals surface area contributed by atoms with Crippen LogP contribution in [0.1, 0.15) is 30.0 Å². The van der Waals surface area contributed by atoms with Gasteiger partial charge in [-0.05, 0) is 43.3 Å². The highest BCUT2D eigenvalue weighted by Gasteiger charge is 2.16. The number of benzene rings is 1. The largest absolute Gasteiger partial charge is 0.467 e. The molecule has 0 bridgehead atoms. The number of hydrogen-bond donors (Lipinski definition) is 1. The van der Waals surface area contributed by atoms with Gasteiger partial charge in [-0.2, -0.15) is 0 Å². The van der Waals surface area contributed by atoms with Gasteiger partial charge in [0.25, 0.3) is 0 Å². The van der Waals surface area contributed by atoms with E-state index in [1.54, 1.807) is 36.4 Å². The fourth-order valence-electron chi connectivity index (χ4n) is 2.06. The Morgan fingerprint density at radius 3 is 2.30 bits per heavy atom. The monoisotopic (exact) mass is 314 g/mol. The number of Topliss-reactive ketones (excluding diaryl/α,β-unsaturated/α-hetero) is 1. The number of ketones is 1. The Kier molecular flexibility index (Phi) is 5.30. The molecule has 0 radical (unpaired) electrons. The molecule has 1 N–H and O–H groups in total. The van der Waals surface area contributed by atoms with Crippen molar-refractivity contribution in [3.05, 3.63) is 54.0 Å². The molecule has 0 aliphatic carbocycles. The van der Waals surface area contributed by atoms with Crippen molar-refractivity contribution in [2.45, 2.75) is 20.4 Å². The number of furan rings is 1. The molecule has 2 aromatic rings. The molecule has 1 aromatic heterocycles. The standard InChI is InChI=1S/C17H18N2O4/c1-12(20)14-5-7-15(8-6-14)19(13(2)21)11-17(22)18-10-16-4-3-9-23-16/h3-9H,10-11H2,1-2H3,(H,18,22). The van der Waals surface area contributed by atoms with Crippen molar-refractivity contribution < 1.29 is 18.8 Å². The minimum absolute atomic E-state index is 0.0536. The van der Waals surface area contributed by atoms with Crippen molar-refractivity contribution >= 4 is 23.3 Å². The Labute approximate surface area is 134 Å². The summed E-state index contributed by atoms with van der Waals surface area (Å²) in [6, 6.07) is 10.1. The summed E-state index contributed by atoms with van der Waals surface area (Å²) in [7, 11) is 0. The first kappa shape index (κ1) is 16.5. The van der Waals surface area contributed by atoms with Gasteiger partial charge < -0.3 is 14.6 Å². The number of rotatable bonds is 6. The third kappa shape index (κ3) is 4.54. The predicted molar refractivity (Wildman–Crippen MR) is 85.0 cm³/mol. The lowest BCUT2D eigenvalue weighted by atomic mass is 10.1. The highest BCUT2D eigenvalue weighted by molar-refractivity contribution is 5.98. The van der Waals surface area contributed by atoms with Gasteiger partial charge in [0.2, 0.25) is 11.8 Å². The first-order valence-corrected chi connectivity index (χ1v) is 7.15. The van der Waals surface area contributed by atoms with Crippen molar-refractivity contribution in [2.75, 3.05) is 11.4 Å². The molecular weight excluding hydrogens is 296 g/mol. The van der Waals surface area contributed by atoms with E-state index in [2.05, 4.69) is 5.32 Å². The predicted octanol–water partition coefficient (Wildman–Crippen LogP) is 2.15. The average molecular weight is 314 g/mol. The highest BCUT2D eigenvalue weighted by atomic mass is 16.3. The normalized spacial score (nSPS) is 10.2. The van der Waals surface area contributed by atoms with Crippen LogP contribution < -0.4 is 10.2 Å². The van der Waals surface area contributed by atoms with Crippen molar-refractivity contribution in [3.63, 3.8) is 0 Å². The number of nitrogens with zero attached hydrogens (tertiary/aromatic N) is 1. The molecule has 0 aliphatic rings. The number of carbonyl (C=O) groups excluding carboxylic acids is 3. The lowest BCUT2D eigenvalue weighted by molar-refractivity contribution is -0.123. The highest BCUT2D eigenvalue weighted by Crippen LogP contribution is 2.16. The molecule has 0 saturated carbocycles. The number of carbonyl (C=O) groups is 3. The molecule has 0 aliphatic heterocycles. The zero-order valence-electron chi connectivity index (χ0n) is 13.0. The Hall–Kier alpha value is -2.89. The second kappa shape index (κ2) is 7.40. The third-order valence-corrected chi connectivity index (χ3v) is 3.31. The SMILES string of the molecule is CC(=O)c1ccc(N(CC(=O)NCc2ccco2)C(C)=O)cc1. The van der Waals surface area contributed by atoms with E-state index in [4.69, 9.17) is 4.42 Å². The van der Waals surface area contributed by atoms with Gasteiger partial charge in [-0.15, -0.1) is 0 Å². The van der Waals surface area contributed by atoms with Gasteiger partial charge in [0.05, 0.1) is 12.8 Å². The maximum Gasteiger partial charge on any atom is 0.240 e. The van der Waals surface area contributed by atoms with E-state index < -0.39 is 0 Å². The molecule has 0 atom stereocenters. The number of amides is 2. The van der Waals surface area contributed by atoms with Crippen molar-refractivity contribution in [2.24, 2.45) is 0 Å². The molecule has 2 rings (SSSR count). The van der Waals surface area contributed by atoms with E-state index in [9.17, 15) is 14.4 Å². The van der Waals surface area contributed by atoms with E-state index in [-0.39, 0.29) is 30.7 Å². The van der Waals surface area contributed by atoms with Crippen LogP contribution in [-0.4, -0.2) is 24.1 Å². The zero-order chi connectivity index (χ0) is 16.8. The molecule has 0 fully saturated rings. The lowest BCUT2D eigenvalue weighted by Crippen LogP contribution is -2.39. The summed E-state index contributed by atoms with van der Waals surface area (Å²) < 4.78 is 5.13. The Bertz CT molecular complexity index is 690. The van der Waals surface area contributed by atoms with E-state index >= 15 is 0 Å². The minimum Gasteiger partial charge on any atom is -0.467 e. The van der Waals surface area contributed by atoms with E-state index in [0.29, 0.717) is 17.0 Å². The summed E-state index contributed by atoms with van der Waals surface area (Å²) in [6.45, 7) is 3.02. The number of nitrogens with one attached hydrogen (secondary N) is 1. The Morgan fingerprint density at radius 2 is 1.78 bits per heavy atom. The van der Waals surface area contributed by atoms with Crippen molar-refractivity contribution in [1.82, 2.24) is 5.32 Å². The van der Waals surface area contributed by atoms with Crippen LogP contribution in [0.5, 0.6) is 0 Å². The van der Waals surface area contributed by atoms with Gasteiger partial charge in [0.15, 0.2) is 5.78 Å². The van der Waals surface area contributed by atoms with E-state index in [0.717, 1.165) is 0 Å². The quantitative estimate of drug-likeness (QED) is 0.829. The number of hydrogen-bond acceptors (Lipinski definition) is 4. The summed E-state index contributed by atoms with van der Waals surface area (Å²) in [5, 5.41) is 2.69. The Balaban J connectivity index is 2.01. The van der Waals surface area contributed by atoms with Crippen LogP contribution in [0.2, 0.25) is 0 Å². The Morgan fingerprint density at radius 1 is 1.09 bits per heavy atom. The topological polar surface area (TPSA) is 79.6 Å². The van der Waals surface area contributed by atoms with Crippen molar-refractivity contribution in [1.29, 1.82) is 0 Å². The van der Waals surface area contributed by atoms with Gasteiger partial charge in [0.1, 0.15) is 12.3 Å². The molecule has 0 saturated heterocycles. The third-order valence-electron chi connectivity index (χ3n) is 3.31. The van der Waals surface area contributed by atoms with Crippen molar-refractivity contribution in [3.8, 4) is 0 Å². The minimum atomic E-state index is -0.299. The maximum atomic E-state index is 12.0.